The van der Waals surface area contributed by atoms with E-state index in [0.717, 1.165) is 18.6 Å². The van der Waals surface area contributed by atoms with E-state index in [-0.39, 0.29) is 29.8 Å². The molecule has 2 unspecified atom stereocenters. The summed E-state index contributed by atoms with van der Waals surface area (Å²) in [5.41, 5.74) is 7.54. The third-order valence-electron chi connectivity index (χ3n) is 5.44. The molecule has 2 saturated carbocycles. The van der Waals surface area contributed by atoms with Gasteiger partial charge in [-0.3, -0.25) is 4.79 Å². The molecule has 3 rings (SSSR count). The van der Waals surface area contributed by atoms with Gasteiger partial charge in [0.2, 0.25) is 0 Å². The van der Waals surface area contributed by atoms with Crippen LogP contribution in [0.1, 0.15) is 54.9 Å². The van der Waals surface area contributed by atoms with Crippen molar-refractivity contribution in [3.05, 3.63) is 35.4 Å². The Balaban J connectivity index is 0.00000192. The van der Waals surface area contributed by atoms with Crippen molar-refractivity contribution in [1.29, 1.82) is 0 Å². The van der Waals surface area contributed by atoms with Gasteiger partial charge in [0.1, 0.15) is 0 Å². The lowest BCUT2D eigenvalue weighted by Crippen LogP contribution is -2.63. The molecule has 5 heteroatoms. The molecule has 2 aliphatic rings. The number of halogens is 1. The number of nitrogens with one attached hydrogen (secondary N) is 1. The van der Waals surface area contributed by atoms with Crippen LogP contribution in [0.3, 0.4) is 0 Å². The van der Waals surface area contributed by atoms with Gasteiger partial charge in [0, 0.05) is 30.2 Å². The molecule has 1 aromatic rings. The summed E-state index contributed by atoms with van der Waals surface area (Å²) >= 11 is 0. The second-order valence-electron chi connectivity index (χ2n) is 6.55. The van der Waals surface area contributed by atoms with Crippen molar-refractivity contribution in [3.8, 4) is 0 Å². The van der Waals surface area contributed by atoms with E-state index in [0.29, 0.717) is 18.2 Å². The molecule has 0 heterocycles. The number of carbonyl (C=O) groups excluding carboxylic acids is 1. The molecule has 4 nitrogen and oxygen atoms in total. The van der Waals surface area contributed by atoms with E-state index in [1.807, 2.05) is 31.2 Å². The average Bonchev–Trinajstić information content (AvgIpc) is 3.06. The number of nitrogens with two attached hydrogens (primary N) is 1. The van der Waals surface area contributed by atoms with Gasteiger partial charge in [0.15, 0.2) is 0 Å². The Morgan fingerprint density at radius 3 is 2.52 bits per heavy atom. The lowest BCUT2D eigenvalue weighted by atomic mass is 9.60. The minimum atomic E-state index is 0. The summed E-state index contributed by atoms with van der Waals surface area (Å²) in [6, 6.07) is 7.82. The van der Waals surface area contributed by atoms with E-state index < -0.39 is 0 Å². The normalized spacial score (nSPS) is 24.8. The predicted molar refractivity (Wildman–Crippen MR) is 93.8 cm³/mol. The maximum atomic E-state index is 12.5. The zero-order valence-corrected chi connectivity index (χ0v) is 14.5. The lowest BCUT2D eigenvalue weighted by molar-refractivity contribution is -0.127. The van der Waals surface area contributed by atoms with Gasteiger partial charge in [-0.1, -0.05) is 25.0 Å². The van der Waals surface area contributed by atoms with Crippen LogP contribution in [0.5, 0.6) is 0 Å². The second-order valence-corrected chi connectivity index (χ2v) is 6.55. The van der Waals surface area contributed by atoms with Crippen molar-refractivity contribution in [2.75, 3.05) is 6.61 Å². The largest absolute Gasteiger partial charge is 0.378 e. The van der Waals surface area contributed by atoms with Gasteiger partial charge < -0.3 is 15.8 Å². The number of hydrogen-bond acceptors (Lipinski definition) is 3. The number of rotatable bonds is 5. The number of hydrogen-bond donors (Lipinski definition) is 2. The van der Waals surface area contributed by atoms with Crippen molar-refractivity contribution in [1.82, 2.24) is 5.32 Å². The quantitative estimate of drug-likeness (QED) is 0.867. The van der Waals surface area contributed by atoms with Crippen LogP contribution in [0.15, 0.2) is 24.3 Å². The predicted octanol–water partition coefficient (Wildman–Crippen LogP) is 3.03. The highest BCUT2D eigenvalue weighted by molar-refractivity contribution is 5.94. The lowest BCUT2D eigenvalue weighted by Gasteiger charge is -2.54. The maximum absolute atomic E-state index is 12.5. The van der Waals surface area contributed by atoms with Crippen LogP contribution < -0.4 is 11.1 Å². The van der Waals surface area contributed by atoms with Crippen molar-refractivity contribution >= 4 is 18.3 Å². The van der Waals surface area contributed by atoms with Gasteiger partial charge in [-0.2, -0.15) is 0 Å². The monoisotopic (exact) mass is 338 g/mol. The van der Waals surface area contributed by atoms with Crippen LogP contribution in [0.25, 0.3) is 0 Å². The number of carbonyl (C=O) groups is 1. The van der Waals surface area contributed by atoms with Crippen molar-refractivity contribution < 1.29 is 9.53 Å². The van der Waals surface area contributed by atoms with Gasteiger partial charge >= 0.3 is 0 Å². The topological polar surface area (TPSA) is 64.3 Å². The molecule has 1 amide bonds. The van der Waals surface area contributed by atoms with E-state index in [4.69, 9.17) is 10.5 Å². The van der Waals surface area contributed by atoms with Crippen molar-refractivity contribution in [2.45, 2.75) is 57.7 Å². The first-order valence-electron chi connectivity index (χ1n) is 8.41. The molecule has 2 atom stereocenters. The summed E-state index contributed by atoms with van der Waals surface area (Å²) in [4.78, 5) is 12.5. The van der Waals surface area contributed by atoms with Crippen LogP contribution in [-0.4, -0.2) is 24.7 Å². The van der Waals surface area contributed by atoms with E-state index in [1.165, 1.54) is 25.7 Å². The third-order valence-corrected chi connectivity index (χ3v) is 5.44. The summed E-state index contributed by atoms with van der Waals surface area (Å²) in [5, 5.41) is 3.24. The van der Waals surface area contributed by atoms with Gasteiger partial charge in [-0.05, 0) is 43.9 Å². The molecular formula is C18H27ClN2O2. The molecule has 3 N–H and O–H groups in total. The number of ether oxygens (including phenoxy) is 1. The van der Waals surface area contributed by atoms with Gasteiger partial charge in [0.05, 0.1) is 6.10 Å². The van der Waals surface area contributed by atoms with E-state index >= 15 is 0 Å². The molecule has 2 fully saturated rings. The molecule has 0 aliphatic heterocycles. The average molecular weight is 339 g/mol. The van der Waals surface area contributed by atoms with Crippen molar-refractivity contribution in [2.24, 2.45) is 11.1 Å². The molecule has 23 heavy (non-hydrogen) atoms. The van der Waals surface area contributed by atoms with Crippen molar-refractivity contribution in [3.63, 3.8) is 0 Å². The Bertz CT molecular complexity index is 526. The Labute approximate surface area is 144 Å². The smallest absolute Gasteiger partial charge is 0.251 e. The highest BCUT2D eigenvalue weighted by atomic mass is 35.5. The van der Waals surface area contributed by atoms with E-state index in [2.05, 4.69) is 5.32 Å². The molecular weight excluding hydrogens is 312 g/mol. The van der Waals surface area contributed by atoms with Crippen LogP contribution in [0, 0.1) is 5.41 Å². The van der Waals surface area contributed by atoms with E-state index in [9.17, 15) is 4.79 Å². The summed E-state index contributed by atoms with van der Waals surface area (Å²) in [5.74, 6) is 0.0230. The summed E-state index contributed by atoms with van der Waals surface area (Å²) in [6.07, 6.45) is 6.12. The first-order valence-corrected chi connectivity index (χ1v) is 8.41. The van der Waals surface area contributed by atoms with Gasteiger partial charge in [-0.25, -0.2) is 0 Å². The van der Waals surface area contributed by atoms with Crippen LogP contribution >= 0.6 is 12.4 Å². The molecule has 128 valence electrons. The molecule has 1 aromatic carbocycles. The Hall–Kier alpha value is -1.10. The molecule has 0 aromatic heterocycles. The Kier molecular flexibility index (Phi) is 6.06. The summed E-state index contributed by atoms with van der Waals surface area (Å²) < 4.78 is 5.90. The second kappa shape index (κ2) is 7.65. The standard InChI is InChI=1S/C18H26N2O2.ClH/c1-2-22-16-11-15(18(16)9-3-4-10-18)20-17(21)14-7-5-13(12-19)6-8-14;/h5-8,15-16H,2-4,9-12,19H2,1H3,(H,20,21);1H. The Morgan fingerprint density at radius 1 is 1.30 bits per heavy atom. The first kappa shape index (κ1) is 18.2. The van der Waals surface area contributed by atoms with Crippen LogP contribution in [-0.2, 0) is 11.3 Å². The zero-order chi connectivity index (χ0) is 15.6. The molecule has 2 aliphatic carbocycles. The van der Waals surface area contributed by atoms with E-state index in [1.54, 1.807) is 0 Å². The SMILES string of the molecule is CCOC1CC(NC(=O)c2ccc(CN)cc2)C12CCCC2.Cl. The fourth-order valence-electron chi connectivity index (χ4n) is 4.12. The highest BCUT2D eigenvalue weighted by Crippen LogP contribution is 2.54. The fraction of sp³-hybridized carbons (Fsp3) is 0.611. The van der Waals surface area contributed by atoms with Crippen LogP contribution in [0.4, 0.5) is 0 Å². The Morgan fingerprint density at radius 2 is 1.96 bits per heavy atom. The van der Waals surface area contributed by atoms with Crippen LogP contribution in [0.2, 0.25) is 0 Å². The molecule has 0 bridgehead atoms. The molecule has 1 spiro atoms. The highest BCUT2D eigenvalue weighted by Gasteiger charge is 2.57. The minimum Gasteiger partial charge on any atom is -0.378 e. The maximum Gasteiger partial charge on any atom is 0.251 e. The molecule has 0 radical (unpaired) electrons. The fourth-order valence-corrected chi connectivity index (χ4v) is 4.12. The summed E-state index contributed by atoms with van der Waals surface area (Å²) in [7, 11) is 0. The summed E-state index contributed by atoms with van der Waals surface area (Å²) in [6.45, 7) is 3.31. The number of amides is 1. The van der Waals surface area contributed by atoms with Gasteiger partial charge in [-0.15, -0.1) is 12.4 Å². The minimum absolute atomic E-state index is 0. The zero-order valence-electron chi connectivity index (χ0n) is 13.7. The molecule has 0 saturated heterocycles. The van der Waals surface area contributed by atoms with Gasteiger partial charge in [0.25, 0.3) is 5.91 Å². The number of benzene rings is 1. The third kappa shape index (κ3) is 3.39. The first-order chi connectivity index (χ1) is 10.7.